The molecule has 1 fully saturated rings. The van der Waals surface area contributed by atoms with Gasteiger partial charge in [-0.1, -0.05) is 12.1 Å². The fourth-order valence-corrected chi connectivity index (χ4v) is 3.88. The molecular formula is C18H22N6O2. The first-order chi connectivity index (χ1) is 12.4. The maximum atomic E-state index is 13.0. The highest BCUT2D eigenvalue weighted by atomic mass is 16.2. The van der Waals surface area contributed by atoms with Gasteiger partial charge in [-0.05, 0) is 32.9 Å². The number of para-hydroxylation sites is 2. The lowest BCUT2D eigenvalue weighted by Gasteiger charge is -2.40. The first-order valence-electron chi connectivity index (χ1n) is 8.65. The van der Waals surface area contributed by atoms with Crippen molar-refractivity contribution in [2.75, 3.05) is 24.2 Å². The van der Waals surface area contributed by atoms with E-state index in [0.717, 1.165) is 17.1 Å². The topological polar surface area (TPSA) is 85.5 Å². The molecule has 3 heterocycles. The SMILES string of the molecule is CCN1C(=O)C2C(N=C3N(c4ccccc4N)C(C)=C(C)N32)N(C)C1=O. The molecule has 1 aromatic carbocycles. The van der Waals surface area contributed by atoms with E-state index in [1.165, 1.54) is 9.80 Å². The maximum Gasteiger partial charge on any atom is 0.328 e. The lowest BCUT2D eigenvalue weighted by molar-refractivity contribution is -0.136. The molecule has 2 atom stereocenters. The Bertz CT molecular complexity index is 876. The third kappa shape index (κ3) is 1.92. The maximum absolute atomic E-state index is 13.0. The van der Waals surface area contributed by atoms with Gasteiger partial charge in [0.2, 0.25) is 5.96 Å². The van der Waals surface area contributed by atoms with E-state index >= 15 is 0 Å². The number of nitrogen functional groups attached to an aromatic ring is 1. The molecule has 3 aliphatic heterocycles. The van der Waals surface area contributed by atoms with E-state index in [4.69, 9.17) is 10.7 Å². The number of anilines is 2. The van der Waals surface area contributed by atoms with Gasteiger partial charge in [-0.25, -0.2) is 9.79 Å². The number of carbonyl (C=O) groups is 2. The van der Waals surface area contributed by atoms with Crippen molar-refractivity contribution in [3.8, 4) is 0 Å². The number of imide groups is 1. The van der Waals surface area contributed by atoms with Crippen molar-refractivity contribution in [1.29, 1.82) is 0 Å². The number of likely N-dealkylation sites (N-methyl/N-ethyl adjacent to an activating group) is 2. The third-order valence-electron chi connectivity index (χ3n) is 5.39. The van der Waals surface area contributed by atoms with Gasteiger partial charge in [0.25, 0.3) is 5.91 Å². The average Bonchev–Trinajstić information content (AvgIpc) is 3.11. The van der Waals surface area contributed by atoms with E-state index < -0.39 is 12.2 Å². The van der Waals surface area contributed by atoms with Crippen LogP contribution in [0.1, 0.15) is 20.8 Å². The molecule has 3 aliphatic rings. The van der Waals surface area contributed by atoms with Crippen molar-refractivity contribution in [3.05, 3.63) is 35.7 Å². The van der Waals surface area contributed by atoms with Gasteiger partial charge in [-0.3, -0.25) is 19.5 Å². The van der Waals surface area contributed by atoms with E-state index in [0.29, 0.717) is 18.2 Å². The summed E-state index contributed by atoms with van der Waals surface area (Å²) < 4.78 is 0. The lowest BCUT2D eigenvalue weighted by Crippen LogP contribution is -2.64. The summed E-state index contributed by atoms with van der Waals surface area (Å²) in [4.78, 5) is 36.9. The number of aliphatic imine (C=N–C) groups is 1. The second-order valence-electron chi connectivity index (χ2n) is 6.70. The Morgan fingerprint density at radius 1 is 1.15 bits per heavy atom. The van der Waals surface area contributed by atoms with Crippen molar-refractivity contribution in [2.24, 2.45) is 4.99 Å². The van der Waals surface area contributed by atoms with Gasteiger partial charge in [-0.15, -0.1) is 0 Å². The van der Waals surface area contributed by atoms with Crippen LogP contribution in [0.4, 0.5) is 16.2 Å². The minimum absolute atomic E-state index is 0.214. The number of guanidine groups is 1. The van der Waals surface area contributed by atoms with E-state index in [2.05, 4.69) is 0 Å². The molecule has 0 bridgehead atoms. The molecule has 0 spiro atoms. The molecule has 2 unspecified atom stereocenters. The van der Waals surface area contributed by atoms with Crippen molar-refractivity contribution in [3.63, 3.8) is 0 Å². The predicted octanol–water partition coefficient (Wildman–Crippen LogP) is 1.62. The number of amides is 3. The summed E-state index contributed by atoms with van der Waals surface area (Å²) in [6, 6.07) is 6.70. The molecular weight excluding hydrogens is 332 g/mol. The standard InChI is InChI=1S/C18H22N6O2/c1-5-22-16(25)14-15(21(4)18(22)26)20-17-23(10(2)11(3)24(14)17)13-9-7-6-8-12(13)19/h6-9,14-15H,5,19H2,1-4H3. The molecule has 26 heavy (non-hydrogen) atoms. The van der Waals surface area contributed by atoms with Crippen molar-refractivity contribution in [2.45, 2.75) is 33.0 Å². The number of carbonyl (C=O) groups excluding carboxylic acids is 2. The Labute approximate surface area is 152 Å². The number of nitrogens with zero attached hydrogens (tertiary/aromatic N) is 5. The number of rotatable bonds is 2. The molecule has 136 valence electrons. The molecule has 8 nitrogen and oxygen atoms in total. The van der Waals surface area contributed by atoms with E-state index in [9.17, 15) is 9.59 Å². The number of nitrogens with two attached hydrogens (primary N) is 1. The first-order valence-corrected chi connectivity index (χ1v) is 8.65. The molecule has 0 aliphatic carbocycles. The van der Waals surface area contributed by atoms with Gasteiger partial charge in [0.1, 0.15) is 0 Å². The molecule has 0 aromatic heterocycles. The van der Waals surface area contributed by atoms with Gasteiger partial charge < -0.3 is 10.6 Å². The van der Waals surface area contributed by atoms with Gasteiger partial charge >= 0.3 is 6.03 Å². The number of fused-ring (bicyclic) bond motifs is 3. The highest BCUT2D eigenvalue weighted by Gasteiger charge is 2.55. The highest BCUT2D eigenvalue weighted by Crippen LogP contribution is 2.41. The Morgan fingerprint density at radius 3 is 2.50 bits per heavy atom. The third-order valence-corrected chi connectivity index (χ3v) is 5.39. The Balaban J connectivity index is 1.83. The molecule has 0 radical (unpaired) electrons. The quantitative estimate of drug-likeness (QED) is 0.816. The van der Waals surface area contributed by atoms with Gasteiger partial charge in [0.15, 0.2) is 12.2 Å². The minimum atomic E-state index is -0.544. The first kappa shape index (κ1) is 16.4. The summed E-state index contributed by atoms with van der Waals surface area (Å²) in [6.45, 7) is 6.09. The van der Waals surface area contributed by atoms with Crippen LogP contribution in [-0.2, 0) is 4.79 Å². The Hall–Kier alpha value is -3.03. The zero-order valence-corrected chi connectivity index (χ0v) is 15.3. The molecule has 4 rings (SSSR count). The number of hydrogen-bond donors (Lipinski definition) is 1. The summed E-state index contributed by atoms with van der Waals surface area (Å²) in [6.07, 6.45) is -0.539. The van der Waals surface area contributed by atoms with Crippen LogP contribution in [0, 0.1) is 0 Å². The predicted molar refractivity (Wildman–Crippen MR) is 99.1 cm³/mol. The van der Waals surface area contributed by atoms with Crippen LogP contribution in [0.5, 0.6) is 0 Å². The fourth-order valence-electron chi connectivity index (χ4n) is 3.88. The van der Waals surface area contributed by atoms with Crippen molar-refractivity contribution >= 4 is 29.3 Å². The summed E-state index contributed by atoms with van der Waals surface area (Å²) in [5, 5.41) is 0. The summed E-state index contributed by atoms with van der Waals surface area (Å²) in [5.74, 6) is 0.424. The monoisotopic (exact) mass is 354 g/mol. The Kier molecular flexibility index (Phi) is 3.47. The molecule has 8 heteroatoms. The molecule has 1 aromatic rings. The van der Waals surface area contributed by atoms with Crippen LogP contribution in [0.3, 0.4) is 0 Å². The number of benzene rings is 1. The summed E-state index contributed by atoms with van der Waals surface area (Å²) >= 11 is 0. The van der Waals surface area contributed by atoms with Crippen LogP contribution in [0.15, 0.2) is 40.7 Å². The van der Waals surface area contributed by atoms with Crippen molar-refractivity contribution in [1.82, 2.24) is 14.7 Å². The van der Waals surface area contributed by atoms with Crippen LogP contribution >= 0.6 is 0 Å². The van der Waals surface area contributed by atoms with Crippen LogP contribution in [0.25, 0.3) is 0 Å². The molecule has 0 saturated carbocycles. The minimum Gasteiger partial charge on any atom is -0.397 e. The van der Waals surface area contributed by atoms with Crippen LogP contribution < -0.4 is 10.6 Å². The van der Waals surface area contributed by atoms with Crippen LogP contribution in [0.2, 0.25) is 0 Å². The highest BCUT2D eigenvalue weighted by molar-refractivity contribution is 6.11. The van der Waals surface area contributed by atoms with E-state index in [1.807, 2.05) is 47.9 Å². The van der Waals surface area contributed by atoms with Gasteiger partial charge in [0.05, 0.1) is 11.4 Å². The fraction of sp³-hybridized carbons (Fsp3) is 0.389. The summed E-state index contributed by atoms with van der Waals surface area (Å²) in [7, 11) is 1.69. The lowest BCUT2D eigenvalue weighted by atomic mass is 10.1. The van der Waals surface area contributed by atoms with E-state index in [1.54, 1.807) is 14.0 Å². The van der Waals surface area contributed by atoms with Crippen LogP contribution in [-0.4, -0.2) is 58.4 Å². The average molecular weight is 354 g/mol. The van der Waals surface area contributed by atoms with E-state index in [-0.39, 0.29) is 11.9 Å². The summed E-state index contributed by atoms with van der Waals surface area (Å²) in [5.41, 5.74) is 9.53. The molecule has 1 saturated heterocycles. The van der Waals surface area contributed by atoms with Gasteiger partial charge in [0, 0.05) is 25.0 Å². The number of allylic oxidation sites excluding steroid dienone is 2. The zero-order chi connectivity index (χ0) is 18.7. The number of urea groups is 1. The second-order valence-corrected chi connectivity index (χ2v) is 6.70. The second kappa shape index (κ2) is 5.48. The zero-order valence-electron chi connectivity index (χ0n) is 15.3. The smallest absolute Gasteiger partial charge is 0.328 e. The largest absolute Gasteiger partial charge is 0.397 e. The van der Waals surface area contributed by atoms with Gasteiger partial charge in [-0.2, -0.15) is 0 Å². The molecule has 2 N–H and O–H groups in total. The number of hydrogen-bond acceptors (Lipinski definition) is 6. The Morgan fingerprint density at radius 2 is 1.85 bits per heavy atom. The molecule has 3 amide bonds. The van der Waals surface area contributed by atoms with Crippen molar-refractivity contribution < 1.29 is 9.59 Å². The normalized spacial score (nSPS) is 25.2.